The summed E-state index contributed by atoms with van der Waals surface area (Å²) in [6.45, 7) is 7.65. The standard InChI is InChI=1S/C25H34N6/c1-19-8-7-12-26-24(19)20-9-6-10-21(29(20)3)25-22(18-30-16-14-28(2)15-17-30)31-13-5-4-11-23(31)27-25/h4-5,7-8,11-13,20-21H,6,9-10,14-18H2,1-3H3/t20-,21+/m0/s1. The molecule has 0 aromatic carbocycles. The largest absolute Gasteiger partial charge is 0.304 e. The number of rotatable bonds is 4. The molecule has 5 heterocycles. The zero-order chi connectivity index (χ0) is 21.4. The molecule has 0 unspecified atom stereocenters. The first-order chi connectivity index (χ1) is 15.1. The monoisotopic (exact) mass is 418 g/mol. The SMILES string of the molecule is Cc1cccnc1[C@@H]1CCC[C@H](c2nc3ccccn3c2CN2CCN(C)CC2)N1C. The molecule has 3 aromatic rings. The Morgan fingerprint density at radius 3 is 2.48 bits per heavy atom. The van der Waals surface area contributed by atoms with Crippen LogP contribution in [0.5, 0.6) is 0 Å². The summed E-state index contributed by atoms with van der Waals surface area (Å²) < 4.78 is 2.32. The van der Waals surface area contributed by atoms with Gasteiger partial charge in [0.05, 0.1) is 29.2 Å². The molecule has 31 heavy (non-hydrogen) atoms. The van der Waals surface area contributed by atoms with Crippen LogP contribution >= 0.6 is 0 Å². The first kappa shape index (κ1) is 20.6. The lowest BCUT2D eigenvalue weighted by atomic mass is 9.90. The van der Waals surface area contributed by atoms with Gasteiger partial charge in [-0.05, 0) is 64.0 Å². The van der Waals surface area contributed by atoms with Crippen LogP contribution in [0.15, 0.2) is 42.7 Å². The Labute approximate surface area is 185 Å². The van der Waals surface area contributed by atoms with Crippen molar-refractivity contribution in [1.82, 2.24) is 29.1 Å². The second-order valence-electron chi connectivity index (χ2n) is 9.29. The Balaban J connectivity index is 1.49. The van der Waals surface area contributed by atoms with E-state index in [0.717, 1.165) is 51.2 Å². The zero-order valence-electron chi connectivity index (χ0n) is 19.0. The molecule has 6 heteroatoms. The van der Waals surface area contributed by atoms with Gasteiger partial charge in [0.2, 0.25) is 0 Å². The molecule has 2 saturated heterocycles. The van der Waals surface area contributed by atoms with Crippen LogP contribution in [0, 0.1) is 6.92 Å². The second kappa shape index (κ2) is 8.69. The van der Waals surface area contributed by atoms with E-state index in [2.05, 4.69) is 70.6 Å². The van der Waals surface area contributed by atoms with E-state index in [1.165, 1.54) is 29.1 Å². The molecule has 5 rings (SSSR count). The average molecular weight is 419 g/mol. The molecule has 2 aliphatic heterocycles. The van der Waals surface area contributed by atoms with Crippen LogP contribution in [0.2, 0.25) is 0 Å². The third kappa shape index (κ3) is 4.00. The van der Waals surface area contributed by atoms with Crippen molar-refractivity contribution >= 4 is 5.65 Å². The van der Waals surface area contributed by atoms with Gasteiger partial charge in [-0.2, -0.15) is 0 Å². The highest BCUT2D eigenvalue weighted by molar-refractivity contribution is 5.44. The van der Waals surface area contributed by atoms with Crippen LogP contribution in [0.3, 0.4) is 0 Å². The van der Waals surface area contributed by atoms with Crippen molar-refractivity contribution in [3.63, 3.8) is 0 Å². The lowest BCUT2D eigenvalue weighted by Crippen LogP contribution is -2.44. The Hall–Kier alpha value is -2.28. The molecule has 0 amide bonds. The molecule has 3 aromatic heterocycles. The molecule has 2 atom stereocenters. The first-order valence-electron chi connectivity index (χ1n) is 11.6. The smallest absolute Gasteiger partial charge is 0.137 e. The Morgan fingerprint density at radius 1 is 0.935 bits per heavy atom. The summed E-state index contributed by atoms with van der Waals surface area (Å²) in [7, 11) is 4.49. The van der Waals surface area contributed by atoms with E-state index in [1.54, 1.807) is 0 Å². The number of nitrogens with zero attached hydrogens (tertiary/aromatic N) is 6. The minimum Gasteiger partial charge on any atom is -0.304 e. The molecule has 0 N–H and O–H groups in total. The number of aromatic nitrogens is 3. The van der Waals surface area contributed by atoms with Gasteiger partial charge in [0.15, 0.2) is 0 Å². The number of likely N-dealkylation sites (tertiary alicyclic amines) is 1. The predicted molar refractivity (Wildman–Crippen MR) is 124 cm³/mol. The number of aryl methyl sites for hydroxylation is 1. The summed E-state index contributed by atoms with van der Waals surface area (Å²) in [6.07, 6.45) is 7.63. The van der Waals surface area contributed by atoms with Crippen LogP contribution in [0.25, 0.3) is 5.65 Å². The summed E-state index contributed by atoms with van der Waals surface area (Å²) in [5.74, 6) is 0. The highest BCUT2D eigenvalue weighted by Gasteiger charge is 2.34. The lowest BCUT2D eigenvalue weighted by Gasteiger charge is -2.40. The third-order valence-corrected chi connectivity index (χ3v) is 7.25. The van der Waals surface area contributed by atoms with Crippen molar-refractivity contribution in [1.29, 1.82) is 0 Å². The fourth-order valence-electron chi connectivity index (χ4n) is 5.34. The van der Waals surface area contributed by atoms with Gasteiger partial charge in [-0.1, -0.05) is 12.1 Å². The second-order valence-corrected chi connectivity index (χ2v) is 9.29. The number of piperazine rings is 1. The molecule has 164 valence electrons. The fourth-order valence-corrected chi connectivity index (χ4v) is 5.34. The van der Waals surface area contributed by atoms with Gasteiger partial charge < -0.3 is 9.30 Å². The van der Waals surface area contributed by atoms with E-state index >= 15 is 0 Å². The number of likely N-dealkylation sites (N-methyl/N-ethyl adjacent to an activating group) is 1. The van der Waals surface area contributed by atoms with E-state index in [1.807, 2.05) is 12.3 Å². The van der Waals surface area contributed by atoms with Crippen molar-refractivity contribution in [3.05, 3.63) is 65.4 Å². The van der Waals surface area contributed by atoms with Crippen molar-refractivity contribution < 1.29 is 0 Å². The molecule has 0 spiro atoms. The van der Waals surface area contributed by atoms with Crippen molar-refractivity contribution in [2.75, 3.05) is 40.3 Å². The van der Waals surface area contributed by atoms with E-state index in [-0.39, 0.29) is 0 Å². The van der Waals surface area contributed by atoms with Gasteiger partial charge in [0, 0.05) is 45.1 Å². The zero-order valence-corrected chi connectivity index (χ0v) is 19.0. The molecule has 2 aliphatic rings. The predicted octanol–water partition coefficient (Wildman–Crippen LogP) is 3.68. The molecule has 2 fully saturated rings. The summed E-state index contributed by atoms with van der Waals surface area (Å²) in [5.41, 5.74) is 6.18. The lowest BCUT2D eigenvalue weighted by molar-refractivity contribution is 0.106. The van der Waals surface area contributed by atoms with Crippen LogP contribution in [0.4, 0.5) is 0 Å². The van der Waals surface area contributed by atoms with E-state index in [0.29, 0.717) is 12.1 Å². The summed E-state index contributed by atoms with van der Waals surface area (Å²) in [4.78, 5) is 17.5. The van der Waals surface area contributed by atoms with Crippen LogP contribution in [0.1, 0.15) is 54.0 Å². The quantitative estimate of drug-likeness (QED) is 0.646. The van der Waals surface area contributed by atoms with Crippen molar-refractivity contribution in [3.8, 4) is 0 Å². The van der Waals surface area contributed by atoms with Crippen LogP contribution in [-0.4, -0.2) is 69.3 Å². The molecule has 6 nitrogen and oxygen atoms in total. The molecule has 0 radical (unpaired) electrons. The number of piperidine rings is 1. The minimum absolute atomic E-state index is 0.322. The number of hydrogen-bond acceptors (Lipinski definition) is 5. The molecule has 0 bridgehead atoms. The number of fused-ring (bicyclic) bond motifs is 1. The average Bonchev–Trinajstić information content (AvgIpc) is 3.14. The van der Waals surface area contributed by atoms with E-state index in [4.69, 9.17) is 9.97 Å². The summed E-state index contributed by atoms with van der Waals surface area (Å²) in [6, 6.07) is 11.2. The topological polar surface area (TPSA) is 39.9 Å². The van der Waals surface area contributed by atoms with Gasteiger partial charge >= 0.3 is 0 Å². The third-order valence-electron chi connectivity index (χ3n) is 7.25. The maximum Gasteiger partial charge on any atom is 0.137 e. The molecule has 0 aliphatic carbocycles. The number of imidazole rings is 1. The molecular formula is C25H34N6. The summed E-state index contributed by atoms with van der Waals surface area (Å²) in [5, 5.41) is 0. The van der Waals surface area contributed by atoms with Gasteiger partial charge in [0.1, 0.15) is 5.65 Å². The van der Waals surface area contributed by atoms with Crippen LogP contribution < -0.4 is 0 Å². The van der Waals surface area contributed by atoms with Gasteiger partial charge in [0.25, 0.3) is 0 Å². The minimum atomic E-state index is 0.322. The Kier molecular flexibility index (Phi) is 5.78. The van der Waals surface area contributed by atoms with Crippen molar-refractivity contribution in [2.24, 2.45) is 0 Å². The molecular weight excluding hydrogens is 384 g/mol. The maximum atomic E-state index is 5.18. The maximum absolute atomic E-state index is 5.18. The number of hydrogen-bond donors (Lipinski definition) is 0. The Bertz CT molecular complexity index is 1040. The number of pyridine rings is 2. The highest BCUT2D eigenvalue weighted by atomic mass is 15.3. The van der Waals surface area contributed by atoms with E-state index in [9.17, 15) is 0 Å². The van der Waals surface area contributed by atoms with Gasteiger partial charge in [-0.25, -0.2) is 4.98 Å². The summed E-state index contributed by atoms with van der Waals surface area (Å²) >= 11 is 0. The first-order valence-corrected chi connectivity index (χ1v) is 11.6. The fraction of sp³-hybridized carbons (Fsp3) is 0.520. The van der Waals surface area contributed by atoms with Crippen molar-refractivity contribution in [2.45, 2.75) is 44.8 Å². The van der Waals surface area contributed by atoms with Gasteiger partial charge in [-0.15, -0.1) is 0 Å². The van der Waals surface area contributed by atoms with Crippen LogP contribution in [-0.2, 0) is 6.54 Å². The van der Waals surface area contributed by atoms with E-state index < -0.39 is 0 Å². The Morgan fingerprint density at radius 2 is 1.71 bits per heavy atom. The molecule has 0 saturated carbocycles. The normalized spacial score (nSPS) is 24.1. The van der Waals surface area contributed by atoms with Gasteiger partial charge in [-0.3, -0.25) is 14.8 Å². The highest BCUT2D eigenvalue weighted by Crippen LogP contribution is 2.41.